The molecule has 0 fully saturated rings. The van der Waals surface area contributed by atoms with Crippen LogP contribution in [0.5, 0.6) is 0 Å². The van der Waals surface area contributed by atoms with E-state index in [2.05, 4.69) is 9.98 Å². The second kappa shape index (κ2) is 5.30. The zero-order chi connectivity index (χ0) is 13.9. The van der Waals surface area contributed by atoms with E-state index in [4.69, 9.17) is 4.42 Å². The number of aromatic amines is 1. The Labute approximate surface area is 119 Å². The maximum Gasteiger partial charge on any atom is 0.257 e. The van der Waals surface area contributed by atoms with E-state index in [1.54, 1.807) is 37.1 Å². The van der Waals surface area contributed by atoms with Gasteiger partial charge in [0.05, 0.1) is 28.7 Å². The Hall–Kier alpha value is -2.40. The van der Waals surface area contributed by atoms with E-state index in [1.807, 2.05) is 29.6 Å². The number of thiophene rings is 1. The Morgan fingerprint density at radius 1 is 1.40 bits per heavy atom. The first-order valence-corrected chi connectivity index (χ1v) is 6.93. The van der Waals surface area contributed by atoms with Gasteiger partial charge < -0.3 is 9.40 Å². The largest absolute Gasteiger partial charge is 0.472 e. The molecule has 0 aliphatic carbocycles. The van der Waals surface area contributed by atoms with Gasteiger partial charge in [0.15, 0.2) is 0 Å². The number of aliphatic imine (C=N–C) groups is 1. The van der Waals surface area contributed by atoms with Crippen molar-refractivity contribution in [3.8, 4) is 21.7 Å². The molecule has 20 heavy (non-hydrogen) atoms. The van der Waals surface area contributed by atoms with Crippen molar-refractivity contribution >= 4 is 17.6 Å². The van der Waals surface area contributed by atoms with E-state index < -0.39 is 0 Å². The van der Waals surface area contributed by atoms with Gasteiger partial charge in [-0.15, -0.1) is 11.3 Å². The average Bonchev–Trinajstić information content (AvgIpc) is 3.14. The van der Waals surface area contributed by atoms with Crippen molar-refractivity contribution in [3.63, 3.8) is 0 Å². The minimum atomic E-state index is -0.155. The van der Waals surface area contributed by atoms with Crippen molar-refractivity contribution in [2.45, 2.75) is 0 Å². The summed E-state index contributed by atoms with van der Waals surface area (Å²) in [6, 6.07) is 7.72. The van der Waals surface area contributed by atoms with E-state index in [-0.39, 0.29) is 5.56 Å². The van der Waals surface area contributed by atoms with Crippen LogP contribution in [0, 0.1) is 0 Å². The van der Waals surface area contributed by atoms with Crippen molar-refractivity contribution in [2.24, 2.45) is 4.99 Å². The smallest absolute Gasteiger partial charge is 0.257 e. The van der Waals surface area contributed by atoms with Crippen molar-refractivity contribution in [3.05, 3.63) is 58.1 Å². The molecule has 0 radical (unpaired) electrons. The van der Waals surface area contributed by atoms with Crippen LogP contribution in [0.15, 0.2) is 56.4 Å². The summed E-state index contributed by atoms with van der Waals surface area (Å²) in [4.78, 5) is 20.1. The molecule has 3 aromatic heterocycles. The second-order valence-electron chi connectivity index (χ2n) is 4.22. The van der Waals surface area contributed by atoms with Gasteiger partial charge in [0.2, 0.25) is 0 Å². The van der Waals surface area contributed by atoms with Gasteiger partial charge in [-0.2, -0.15) is 0 Å². The fourth-order valence-corrected chi connectivity index (χ4v) is 2.75. The Balaban J connectivity index is 2.26. The molecule has 5 heteroatoms. The molecule has 3 heterocycles. The molecule has 3 rings (SSSR count). The number of pyridine rings is 1. The Morgan fingerprint density at radius 3 is 2.95 bits per heavy atom. The van der Waals surface area contributed by atoms with Crippen LogP contribution >= 0.6 is 11.3 Å². The monoisotopic (exact) mass is 284 g/mol. The van der Waals surface area contributed by atoms with E-state index >= 15 is 0 Å². The third kappa shape index (κ3) is 2.23. The third-order valence-corrected chi connectivity index (χ3v) is 3.85. The highest BCUT2D eigenvalue weighted by atomic mass is 32.1. The fraction of sp³-hybridized carbons (Fsp3) is 0.0667. The summed E-state index contributed by atoms with van der Waals surface area (Å²) in [7, 11) is 1.64. The molecule has 4 nitrogen and oxygen atoms in total. The lowest BCUT2D eigenvalue weighted by Crippen LogP contribution is -2.14. The first kappa shape index (κ1) is 12.6. The zero-order valence-corrected chi connectivity index (χ0v) is 11.6. The van der Waals surface area contributed by atoms with Gasteiger partial charge in [-0.05, 0) is 23.6 Å². The van der Waals surface area contributed by atoms with Crippen LogP contribution in [0.2, 0.25) is 0 Å². The first-order chi connectivity index (χ1) is 9.79. The minimum absolute atomic E-state index is 0.155. The Kier molecular flexibility index (Phi) is 3.35. The minimum Gasteiger partial charge on any atom is -0.472 e. The van der Waals surface area contributed by atoms with Gasteiger partial charge in [0.1, 0.15) is 0 Å². The lowest BCUT2D eigenvalue weighted by molar-refractivity contribution is 0.568. The summed E-state index contributed by atoms with van der Waals surface area (Å²) in [5.41, 5.74) is 2.86. The number of furan rings is 1. The van der Waals surface area contributed by atoms with Crippen LogP contribution in [-0.2, 0) is 0 Å². The highest BCUT2D eigenvalue weighted by molar-refractivity contribution is 7.13. The topological polar surface area (TPSA) is 58.4 Å². The van der Waals surface area contributed by atoms with Crippen molar-refractivity contribution in [1.29, 1.82) is 0 Å². The third-order valence-electron chi connectivity index (χ3n) is 2.95. The average molecular weight is 284 g/mol. The molecule has 0 aliphatic rings. The quantitative estimate of drug-likeness (QED) is 0.749. The molecule has 3 aromatic rings. The number of nitrogens with zero attached hydrogens (tertiary/aromatic N) is 1. The van der Waals surface area contributed by atoms with Crippen molar-refractivity contribution in [1.82, 2.24) is 4.98 Å². The van der Waals surface area contributed by atoms with Crippen LogP contribution in [0.3, 0.4) is 0 Å². The Morgan fingerprint density at radius 2 is 2.30 bits per heavy atom. The van der Waals surface area contributed by atoms with E-state index in [9.17, 15) is 4.79 Å². The molecule has 0 saturated heterocycles. The molecule has 0 amide bonds. The standard InChI is InChI=1S/C15H12N2O2S/c1-16-8-12-11(10-4-5-19-9-10)7-13(17-15(12)18)14-3-2-6-20-14/h2-9H,1H3,(H,17,18). The number of hydrogen-bond acceptors (Lipinski definition) is 4. The lowest BCUT2D eigenvalue weighted by Gasteiger charge is -2.06. The van der Waals surface area contributed by atoms with Gasteiger partial charge in [-0.1, -0.05) is 6.07 Å². The van der Waals surface area contributed by atoms with Crippen LogP contribution in [0.25, 0.3) is 21.7 Å². The van der Waals surface area contributed by atoms with Gasteiger partial charge in [0, 0.05) is 24.4 Å². The summed E-state index contributed by atoms with van der Waals surface area (Å²) < 4.78 is 5.12. The molecule has 1 N–H and O–H groups in total. The summed E-state index contributed by atoms with van der Waals surface area (Å²) >= 11 is 1.58. The molecular formula is C15H12N2O2S. The predicted octanol–water partition coefficient (Wildman–Crippen LogP) is 3.41. The SMILES string of the molecule is CN=Cc1c(-c2ccoc2)cc(-c2cccs2)[nH]c1=O. The molecule has 0 saturated carbocycles. The van der Waals surface area contributed by atoms with E-state index in [0.29, 0.717) is 5.56 Å². The second-order valence-corrected chi connectivity index (χ2v) is 5.16. The molecule has 0 unspecified atom stereocenters. The number of H-pyrrole nitrogens is 1. The van der Waals surface area contributed by atoms with E-state index in [1.165, 1.54) is 0 Å². The van der Waals surface area contributed by atoms with Crippen LogP contribution < -0.4 is 5.56 Å². The lowest BCUT2D eigenvalue weighted by atomic mass is 10.0. The molecule has 0 spiro atoms. The van der Waals surface area contributed by atoms with Gasteiger partial charge in [-0.3, -0.25) is 9.79 Å². The molecule has 0 aliphatic heterocycles. The van der Waals surface area contributed by atoms with Gasteiger partial charge >= 0.3 is 0 Å². The number of aromatic nitrogens is 1. The summed E-state index contributed by atoms with van der Waals surface area (Å²) in [5.74, 6) is 0. The van der Waals surface area contributed by atoms with Crippen LogP contribution in [-0.4, -0.2) is 18.2 Å². The summed E-state index contributed by atoms with van der Waals surface area (Å²) in [5, 5.41) is 1.98. The van der Waals surface area contributed by atoms with Gasteiger partial charge in [-0.25, -0.2) is 0 Å². The highest BCUT2D eigenvalue weighted by Gasteiger charge is 2.12. The van der Waals surface area contributed by atoms with Crippen LogP contribution in [0.1, 0.15) is 5.56 Å². The predicted molar refractivity (Wildman–Crippen MR) is 81.6 cm³/mol. The maximum absolute atomic E-state index is 12.3. The zero-order valence-electron chi connectivity index (χ0n) is 10.8. The van der Waals surface area contributed by atoms with Crippen molar-refractivity contribution < 1.29 is 4.42 Å². The molecule has 0 bridgehead atoms. The summed E-state index contributed by atoms with van der Waals surface area (Å²) in [6.45, 7) is 0. The Bertz CT molecular complexity index is 784. The number of nitrogens with one attached hydrogen (secondary N) is 1. The van der Waals surface area contributed by atoms with Gasteiger partial charge in [0.25, 0.3) is 5.56 Å². The highest BCUT2D eigenvalue weighted by Crippen LogP contribution is 2.28. The molecule has 0 atom stereocenters. The first-order valence-electron chi connectivity index (χ1n) is 6.05. The van der Waals surface area contributed by atoms with Crippen LogP contribution in [0.4, 0.5) is 0 Å². The number of rotatable bonds is 3. The molecule has 0 aromatic carbocycles. The van der Waals surface area contributed by atoms with E-state index in [0.717, 1.165) is 21.7 Å². The number of hydrogen-bond donors (Lipinski definition) is 1. The molecular weight excluding hydrogens is 272 g/mol. The normalized spacial score (nSPS) is 11.2. The summed E-state index contributed by atoms with van der Waals surface area (Å²) in [6.07, 6.45) is 4.79. The maximum atomic E-state index is 12.3. The fourth-order valence-electron chi connectivity index (χ4n) is 2.05. The molecule has 100 valence electrons. The van der Waals surface area contributed by atoms with Crippen molar-refractivity contribution in [2.75, 3.05) is 7.05 Å².